The molecule has 0 radical (unpaired) electrons. The van der Waals surface area contributed by atoms with Crippen molar-refractivity contribution in [3.05, 3.63) is 48.7 Å². The molecule has 102 valence electrons. The summed E-state index contributed by atoms with van der Waals surface area (Å²) in [6, 6.07) is 6.66. The molecule has 0 aliphatic carbocycles. The third-order valence-corrected chi connectivity index (χ3v) is 3.76. The Hall–Kier alpha value is -2.08. The fraction of sp³-hybridized carbons (Fsp3) is 0.143. The molecule has 4 nitrogen and oxygen atoms in total. The summed E-state index contributed by atoms with van der Waals surface area (Å²) in [5, 5.41) is 3.84. The lowest BCUT2D eigenvalue weighted by Gasteiger charge is -2.08. The van der Waals surface area contributed by atoms with E-state index < -0.39 is 0 Å². The zero-order chi connectivity index (χ0) is 13.9. The molecule has 0 aliphatic rings. The minimum Gasteiger partial charge on any atom is -0.369 e. The fourth-order valence-corrected chi connectivity index (χ4v) is 2.78. The molecule has 1 aromatic carbocycles. The molecule has 0 fully saturated rings. The minimum atomic E-state index is -0.252. The molecular weight excluding hydrogens is 275 g/mol. The summed E-state index contributed by atoms with van der Waals surface area (Å²) in [4.78, 5) is 9.32. The molecule has 0 amide bonds. The van der Waals surface area contributed by atoms with E-state index >= 15 is 0 Å². The molecule has 0 saturated carbocycles. The van der Waals surface area contributed by atoms with Crippen LogP contribution in [0.3, 0.4) is 0 Å². The van der Waals surface area contributed by atoms with E-state index in [1.54, 1.807) is 18.3 Å². The van der Waals surface area contributed by atoms with Crippen molar-refractivity contribution in [1.82, 2.24) is 14.4 Å². The van der Waals surface area contributed by atoms with Gasteiger partial charge in [-0.25, -0.2) is 14.4 Å². The number of hydrogen-bond donors (Lipinski definition) is 1. The molecule has 0 unspecified atom stereocenters. The number of imidazole rings is 1. The summed E-state index contributed by atoms with van der Waals surface area (Å²) in [6.45, 7) is 2.78. The summed E-state index contributed by atoms with van der Waals surface area (Å²) < 4.78 is 15.6. The molecule has 0 atom stereocenters. The normalized spacial score (nSPS) is 10.9. The van der Waals surface area contributed by atoms with E-state index in [9.17, 15) is 4.39 Å². The van der Waals surface area contributed by atoms with Gasteiger partial charge in [0.15, 0.2) is 5.65 Å². The van der Waals surface area contributed by atoms with Crippen LogP contribution >= 0.6 is 11.8 Å². The van der Waals surface area contributed by atoms with Gasteiger partial charge in [0.2, 0.25) is 0 Å². The van der Waals surface area contributed by atoms with Crippen molar-refractivity contribution in [3.63, 3.8) is 0 Å². The lowest BCUT2D eigenvalue weighted by Crippen LogP contribution is -2.02. The van der Waals surface area contributed by atoms with Crippen molar-refractivity contribution >= 4 is 23.2 Å². The maximum Gasteiger partial charge on any atom is 0.170 e. The van der Waals surface area contributed by atoms with Gasteiger partial charge in [0.1, 0.15) is 16.7 Å². The smallest absolute Gasteiger partial charge is 0.170 e. The first kappa shape index (κ1) is 12.9. The van der Waals surface area contributed by atoms with Gasteiger partial charge in [0.05, 0.1) is 6.20 Å². The highest BCUT2D eigenvalue weighted by Crippen LogP contribution is 2.31. The van der Waals surface area contributed by atoms with E-state index in [-0.39, 0.29) is 5.82 Å². The second-order valence-electron chi connectivity index (χ2n) is 4.15. The maximum absolute atomic E-state index is 13.8. The Bertz CT molecular complexity index is 741. The van der Waals surface area contributed by atoms with Gasteiger partial charge < -0.3 is 9.72 Å². The Morgan fingerprint density at radius 3 is 3.00 bits per heavy atom. The van der Waals surface area contributed by atoms with Crippen LogP contribution in [0.1, 0.15) is 6.92 Å². The van der Waals surface area contributed by atoms with Crippen LogP contribution in [0.15, 0.2) is 52.8 Å². The van der Waals surface area contributed by atoms with Gasteiger partial charge in [-0.1, -0.05) is 23.9 Å². The molecule has 6 heteroatoms. The first-order chi connectivity index (χ1) is 9.78. The first-order valence-electron chi connectivity index (χ1n) is 6.28. The molecule has 0 aliphatic heterocycles. The highest BCUT2D eigenvalue weighted by atomic mass is 32.2. The SMILES string of the molecule is CCNc1cn2ccnc2c(Sc2ccccc2F)n1. The Labute approximate surface area is 120 Å². The van der Waals surface area contributed by atoms with Gasteiger partial charge >= 0.3 is 0 Å². The number of benzene rings is 1. The van der Waals surface area contributed by atoms with Crippen molar-refractivity contribution in [1.29, 1.82) is 0 Å². The predicted molar refractivity (Wildman–Crippen MR) is 77.7 cm³/mol. The zero-order valence-corrected chi connectivity index (χ0v) is 11.7. The lowest BCUT2D eigenvalue weighted by atomic mass is 10.3. The van der Waals surface area contributed by atoms with Crippen LogP contribution in [0.5, 0.6) is 0 Å². The van der Waals surface area contributed by atoms with E-state index in [1.165, 1.54) is 17.8 Å². The Balaban J connectivity index is 2.05. The second kappa shape index (κ2) is 5.50. The van der Waals surface area contributed by atoms with Crippen molar-refractivity contribution in [2.45, 2.75) is 16.8 Å². The van der Waals surface area contributed by atoms with Gasteiger partial charge in [-0.2, -0.15) is 0 Å². The molecule has 2 heterocycles. The van der Waals surface area contributed by atoms with Crippen molar-refractivity contribution in [3.8, 4) is 0 Å². The average Bonchev–Trinajstić information content (AvgIpc) is 2.90. The highest BCUT2D eigenvalue weighted by Gasteiger charge is 2.11. The Morgan fingerprint density at radius 2 is 2.20 bits per heavy atom. The number of anilines is 1. The number of nitrogens with zero attached hydrogens (tertiary/aromatic N) is 3. The van der Waals surface area contributed by atoms with Crippen molar-refractivity contribution in [2.24, 2.45) is 0 Å². The van der Waals surface area contributed by atoms with Crippen LogP contribution in [-0.2, 0) is 0 Å². The number of aromatic nitrogens is 3. The molecule has 3 aromatic rings. The number of fused-ring (bicyclic) bond motifs is 1. The molecule has 0 spiro atoms. The van der Waals surface area contributed by atoms with Gasteiger partial charge in [-0.3, -0.25) is 0 Å². The third-order valence-electron chi connectivity index (χ3n) is 2.74. The topological polar surface area (TPSA) is 42.2 Å². The third kappa shape index (κ3) is 2.46. The molecular formula is C14H13FN4S. The molecule has 20 heavy (non-hydrogen) atoms. The number of nitrogens with one attached hydrogen (secondary N) is 1. The second-order valence-corrected chi connectivity index (χ2v) is 5.18. The van der Waals surface area contributed by atoms with E-state index in [4.69, 9.17) is 0 Å². The molecule has 0 saturated heterocycles. The van der Waals surface area contributed by atoms with Gasteiger partial charge in [-0.15, -0.1) is 0 Å². The largest absolute Gasteiger partial charge is 0.369 e. The molecule has 3 rings (SSSR count). The highest BCUT2D eigenvalue weighted by molar-refractivity contribution is 7.99. The van der Waals surface area contributed by atoms with E-state index in [0.717, 1.165) is 18.0 Å². The summed E-state index contributed by atoms with van der Waals surface area (Å²) in [7, 11) is 0. The van der Waals surface area contributed by atoms with Crippen LogP contribution < -0.4 is 5.32 Å². The monoisotopic (exact) mass is 288 g/mol. The summed E-state index contributed by atoms with van der Waals surface area (Å²) in [5.41, 5.74) is 0.722. The number of rotatable bonds is 4. The molecule has 1 N–H and O–H groups in total. The van der Waals surface area contributed by atoms with Gasteiger partial charge in [0, 0.05) is 23.8 Å². The van der Waals surface area contributed by atoms with Crippen LogP contribution in [0.2, 0.25) is 0 Å². The van der Waals surface area contributed by atoms with Crippen molar-refractivity contribution < 1.29 is 4.39 Å². The fourth-order valence-electron chi connectivity index (χ4n) is 1.87. The zero-order valence-electron chi connectivity index (χ0n) is 10.9. The average molecular weight is 288 g/mol. The maximum atomic E-state index is 13.8. The summed E-state index contributed by atoms with van der Waals surface area (Å²) >= 11 is 1.28. The molecule has 0 bridgehead atoms. The van der Waals surface area contributed by atoms with Crippen LogP contribution in [0.25, 0.3) is 5.65 Å². The van der Waals surface area contributed by atoms with Crippen molar-refractivity contribution in [2.75, 3.05) is 11.9 Å². The lowest BCUT2D eigenvalue weighted by molar-refractivity contribution is 0.602. The Kier molecular flexibility index (Phi) is 3.56. The standard InChI is InChI=1S/C14H13FN4S/c1-2-16-12-9-19-8-7-17-13(19)14(18-12)20-11-6-4-3-5-10(11)15/h3-9,16H,2H2,1H3. The van der Waals surface area contributed by atoms with Gasteiger partial charge in [0.25, 0.3) is 0 Å². The van der Waals surface area contributed by atoms with Crippen LogP contribution in [-0.4, -0.2) is 20.9 Å². The van der Waals surface area contributed by atoms with E-state index in [2.05, 4.69) is 15.3 Å². The number of hydrogen-bond acceptors (Lipinski definition) is 4. The van der Waals surface area contributed by atoms with E-state index in [1.807, 2.05) is 29.8 Å². The molecule has 2 aromatic heterocycles. The quantitative estimate of drug-likeness (QED) is 0.798. The van der Waals surface area contributed by atoms with Crippen LogP contribution in [0.4, 0.5) is 10.2 Å². The Morgan fingerprint density at radius 1 is 1.35 bits per heavy atom. The van der Waals surface area contributed by atoms with E-state index in [0.29, 0.717) is 9.92 Å². The minimum absolute atomic E-state index is 0.252. The van der Waals surface area contributed by atoms with Crippen LogP contribution in [0, 0.1) is 5.82 Å². The van der Waals surface area contributed by atoms with Gasteiger partial charge in [-0.05, 0) is 19.1 Å². The number of halogens is 1. The first-order valence-corrected chi connectivity index (χ1v) is 7.09. The summed E-state index contributed by atoms with van der Waals surface area (Å²) in [5.74, 6) is 0.495. The summed E-state index contributed by atoms with van der Waals surface area (Å²) in [6.07, 6.45) is 5.43. The predicted octanol–water partition coefficient (Wildman–Crippen LogP) is 3.45.